The highest BCUT2D eigenvalue weighted by molar-refractivity contribution is 7.98. The highest BCUT2D eigenvalue weighted by Gasteiger charge is 2.47. The second-order valence-electron chi connectivity index (χ2n) is 6.09. The summed E-state index contributed by atoms with van der Waals surface area (Å²) in [5.74, 6) is 0.222. The third-order valence-corrected chi connectivity index (χ3v) is 4.97. The van der Waals surface area contributed by atoms with Crippen molar-refractivity contribution in [3.63, 3.8) is 0 Å². The van der Waals surface area contributed by atoms with Crippen molar-refractivity contribution in [2.24, 2.45) is 10.7 Å². The van der Waals surface area contributed by atoms with Gasteiger partial charge in [-0.2, -0.15) is 13.2 Å². The lowest BCUT2D eigenvalue weighted by Gasteiger charge is -2.36. The third-order valence-electron chi connectivity index (χ3n) is 4.42. The zero-order valence-corrected chi connectivity index (χ0v) is 15.4. The Labute approximate surface area is 162 Å². The van der Waals surface area contributed by atoms with Crippen LogP contribution in [0, 0.1) is 0 Å². The van der Waals surface area contributed by atoms with Crippen LogP contribution >= 0.6 is 11.8 Å². The Morgan fingerprint density at radius 1 is 1.07 bits per heavy atom. The molecule has 4 rings (SSSR count). The lowest BCUT2D eigenvalue weighted by molar-refractivity contribution is -0.138. The van der Waals surface area contributed by atoms with E-state index in [1.54, 1.807) is 30.5 Å². The van der Waals surface area contributed by atoms with Gasteiger partial charge in [0, 0.05) is 16.8 Å². The molecular formula is C18H15F3N6S. The van der Waals surface area contributed by atoms with Crippen molar-refractivity contribution < 1.29 is 13.2 Å². The van der Waals surface area contributed by atoms with Gasteiger partial charge < -0.3 is 11.1 Å². The van der Waals surface area contributed by atoms with Gasteiger partial charge in [0.2, 0.25) is 10.8 Å². The number of nitrogens with one attached hydrogen (secondary N) is 2. The minimum absolute atomic E-state index is 0.105. The number of anilines is 1. The molecule has 0 saturated carbocycles. The van der Waals surface area contributed by atoms with Gasteiger partial charge >= 0.3 is 6.18 Å². The maximum atomic E-state index is 13.8. The number of H-pyrrole nitrogens is 1. The first-order valence-electron chi connectivity index (χ1n) is 8.21. The molecule has 2 aromatic carbocycles. The van der Waals surface area contributed by atoms with E-state index >= 15 is 0 Å². The monoisotopic (exact) mass is 404 g/mol. The standard InChI is InChI=1S/C18H15F3N6S/c1-28-16-23-15(26-27-16)17(11-7-3-4-8-12(11)18(19,20)21)24-13-9-5-2-6-10(13)14(22)25-17/h2-9,24H,1H3,(H2,22,25)(H,23,26,27). The number of hydrogen-bond acceptors (Lipinski definition) is 6. The summed E-state index contributed by atoms with van der Waals surface area (Å²) in [7, 11) is 0. The van der Waals surface area contributed by atoms with E-state index in [1.165, 1.54) is 30.0 Å². The van der Waals surface area contributed by atoms with Crippen molar-refractivity contribution in [3.8, 4) is 0 Å². The molecule has 0 bridgehead atoms. The van der Waals surface area contributed by atoms with E-state index in [1.807, 2.05) is 0 Å². The van der Waals surface area contributed by atoms with E-state index in [0.717, 1.165) is 6.07 Å². The van der Waals surface area contributed by atoms with E-state index in [2.05, 4.69) is 25.5 Å². The van der Waals surface area contributed by atoms with Gasteiger partial charge in [-0.05, 0) is 24.5 Å². The smallest absolute Gasteiger partial charge is 0.383 e. The molecule has 0 aliphatic carbocycles. The first kappa shape index (κ1) is 18.4. The van der Waals surface area contributed by atoms with Crippen molar-refractivity contribution in [1.82, 2.24) is 15.2 Å². The number of alkyl halides is 3. The molecule has 0 amide bonds. The van der Waals surface area contributed by atoms with Gasteiger partial charge in [0.05, 0.1) is 5.56 Å². The number of para-hydroxylation sites is 1. The number of halogens is 3. The molecule has 1 aliphatic rings. The molecule has 1 aromatic heterocycles. The Morgan fingerprint density at radius 3 is 2.50 bits per heavy atom. The van der Waals surface area contributed by atoms with Gasteiger partial charge in [-0.3, -0.25) is 5.10 Å². The summed E-state index contributed by atoms with van der Waals surface area (Å²) in [6, 6.07) is 12.2. The van der Waals surface area contributed by atoms with Crippen molar-refractivity contribution in [3.05, 3.63) is 71.0 Å². The molecule has 3 aromatic rings. The van der Waals surface area contributed by atoms with Crippen molar-refractivity contribution >= 4 is 23.3 Å². The predicted octanol–water partition coefficient (Wildman–Crippen LogP) is 3.58. The fourth-order valence-corrected chi connectivity index (χ4v) is 3.51. The van der Waals surface area contributed by atoms with Crippen LogP contribution in [0.15, 0.2) is 58.7 Å². The lowest BCUT2D eigenvalue weighted by atomic mass is 9.90. The topological polar surface area (TPSA) is 92.0 Å². The van der Waals surface area contributed by atoms with E-state index in [0.29, 0.717) is 16.4 Å². The second kappa shape index (κ2) is 6.55. The summed E-state index contributed by atoms with van der Waals surface area (Å²) in [6.45, 7) is 0. The van der Waals surface area contributed by atoms with Gasteiger partial charge in [0.25, 0.3) is 0 Å². The zero-order chi connectivity index (χ0) is 19.9. The maximum Gasteiger partial charge on any atom is 0.416 e. The van der Waals surface area contributed by atoms with Gasteiger partial charge in [0.1, 0.15) is 5.84 Å². The summed E-state index contributed by atoms with van der Waals surface area (Å²) in [6.07, 6.45) is -2.82. The largest absolute Gasteiger partial charge is 0.416 e. The molecule has 1 aliphatic heterocycles. The molecule has 0 fully saturated rings. The Hall–Kier alpha value is -3.01. The SMILES string of the molecule is CSc1n[nH]c(C2(c3ccccc3C(F)(F)F)N=C(N)c3ccccc3N2)n1. The van der Waals surface area contributed by atoms with Gasteiger partial charge in [-0.25, -0.2) is 9.98 Å². The number of nitrogens with zero attached hydrogens (tertiary/aromatic N) is 3. The molecule has 10 heteroatoms. The minimum Gasteiger partial charge on any atom is -0.383 e. The molecule has 0 radical (unpaired) electrons. The summed E-state index contributed by atoms with van der Waals surface area (Å²) >= 11 is 1.26. The molecule has 28 heavy (non-hydrogen) atoms. The van der Waals surface area contributed by atoms with Gasteiger partial charge in [-0.15, -0.1) is 5.10 Å². The van der Waals surface area contributed by atoms with Crippen LogP contribution in [0.4, 0.5) is 18.9 Å². The van der Waals surface area contributed by atoms with Crippen LogP contribution in [0.2, 0.25) is 0 Å². The zero-order valence-electron chi connectivity index (χ0n) is 14.6. The molecule has 0 spiro atoms. The summed E-state index contributed by atoms with van der Waals surface area (Å²) in [5.41, 5.74) is 4.65. The third kappa shape index (κ3) is 2.89. The lowest BCUT2D eigenvalue weighted by Crippen LogP contribution is -2.43. The second-order valence-corrected chi connectivity index (χ2v) is 6.87. The number of aliphatic imine (C=N–C) groups is 1. The molecule has 144 valence electrons. The van der Waals surface area contributed by atoms with Crippen LogP contribution in [0.3, 0.4) is 0 Å². The minimum atomic E-state index is -4.59. The average molecular weight is 404 g/mol. The fraction of sp³-hybridized carbons (Fsp3) is 0.167. The summed E-state index contributed by atoms with van der Waals surface area (Å²) < 4.78 is 41.4. The van der Waals surface area contributed by atoms with Crippen LogP contribution in [-0.2, 0) is 11.8 Å². The van der Waals surface area contributed by atoms with Crippen LogP contribution in [0.5, 0.6) is 0 Å². The number of fused-ring (bicyclic) bond motifs is 1. The number of nitrogens with two attached hydrogens (primary N) is 1. The molecular weight excluding hydrogens is 389 g/mol. The first-order chi connectivity index (χ1) is 13.3. The number of benzene rings is 2. The van der Waals surface area contributed by atoms with Crippen molar-refractivity contribution in [1.29, 1.82) is 0 Å². The van der Waals surface area contributed by atoms with Crippen molar-refractivity contribution in [2.45, 2.75) is 17.0 Å². The van der Waals surface area contributed by atoms with E-state index < -0.39 is 17.4 Å². The van der Waals surface area contributed by atoms with E-state index in [-0.39, 0.29) is 17.2 Å². The number of amidine groups is 1. The number of hydrogen-bond donors (Lipinski definition) is 3. The quantitative estimate of drug-likeness (QED) is 0.581. The van der Waals surface area contributed by atoms with Crippen LogP contribution < -0.4 is 11.1 Å². The molecule has 1 atom stereocenters. The Morgan fingerprint density at radius 2 is 1.79 bits per heavy atom. The van der Waals surface area contributed by atoms with E-state index in [4.69, 9.17) is 5.73 Å². The highest BCUT2D eigenvalue weighted by atomic mass is 32.2. The van der Waals surface area contributed by atoms with Crippen LogP contribution in [-0.4, -0.2) is 27.3 Å². The number of aromatic nitrogens is 3. The fourth-order valence-electron chi connectivity index (χ4n) is 3.19. The Balaban J connectivity index is 2.02. The molecule has 4 N–H and O–H groups in total. The summed E-state index contributed by atoms with van der Waals surface area (Å²) in [4.78, 5) is 8.79. The van der Waals surface area contributed by atoms with Gasteiger partial charge in [-0.1, -0.05) is 42.1 Å². The predicted molar refractivity (Wildman–Crippen MR) is 101 cm³/mol. The number of aromatic amines is 1. The Kier molecular flexibility index (Phi) is 4.30. The van der Waals surface area contributed by atoms with Gasteiger partial charge in [0.15, 0.2) is 5.82 Å². The number of thioether (sulfide) groups is 1. The first-order valence-corrected chi connectivity index (χ1v) is 9.44. The van der Waals surface area contributed by atoms with E-state index in [9.17, 15) is 13.2 Å². The molecule has 0 saturated heterocycles. The molecule has 6 nitrogen and oxygen atoms in total. The maximum absolute atomic E-state index is 13.8. The molecule has 2 heterocycles. The molecule has 1 unspecified atom stereocenters. The number of rotatable bonds is 3. The average Bonchev–Trinajstić information content (AvgIpc) is 3.17. The van der Waals surface area contributed by atoms with Crippen LogP contribution in [0.1, 0.15) is 22.5 Å². The normalized spacial score (nSPS) is 18.9. The summed E-state index contributed by atoms with van der Waals surface area (Å²) in [5, 5.41) is 10.3. The van der Waals surface area contributed by atoms with Crippen LogP contribution in [0.25, 0.3) is 0 Å². The Bertz CT molecular complexity index is 1060. The highest BCUT2D eigenvalue weighted by Crippen LogP contribution is 2.43. The van der Waals surface area contributed by atoms with Crippen molar-refractivity contribution in [2.75, 3.05) is 11.6 Å².